The molecule has 1 N–H and O–H groups in total. The van der Waals surface area contributed by atoms with Gasteiger partial charge in [-0.25, -0.2) is 0 Å². The van der Waals surface area contributed by atoms with Crippen molar-refractivity contribution in [2.75, 3.05) is 0 Å². The molecule has 2 nitrogen and oxygen atoms in total. The summed E-state index contributed by atoms with van der Waals surface area (Å²) in [4.78, 5) is 0. The van der Waals surface area contributed by atoms with E-state index in [0.29, 0.717) is 0 Å². The summed E-state index contributed by atoms with van der Waals surface area (Å²) in [6, 6.07) is 4.26. The molecular formula is C10H9F3O2. The van der Waals surface area contributed by atoms with Crippen LogP contribution in [0.15, 0.2) is 36.9 Å². The molecular weight excluding hydrogens is 209 g/mol. The summed E-state index contributed by atoms with van der Waals surface area (Å²) >= 11 is 0. The number of aliphatic hydroxyl groups excluding tert-OH is 1. The van der Waals surface area contributed by atoms with Gasteiger partial charge in [-0.1, -0.05) is 12.6 Å². The molecule has 0 radical (unpaired) electrons. The van der Waals surface area contributed by atoms with Crippen molar-refractivity contribution in [1.82, 2.24) is 0 Å². The van der Waals surface area contributed by atoms with Crippen molar-refractivity contribution in [2.45, 2.75) is 12.5 Å². The first-order valence-corrected chi connectivity index (χ1v) is 4.08. The first-order chi connectivity index (χ1) is 6.93. The van der Waals surface area contributed by atoms with Crippen molar-refractivity contribution in [1.29, 1.82) is 0 Å². The van der Waals surface area contributed by atoms with Gasteiger partial charge in [0.2, 0.25) is 6.29 Å². The molecule has 0 aliphatic heterocycles. The lowest BCUT2D eigenvalue weighted by molar-refractivity contribution is -0.137. The second-order valence-corrected chi connectivity index (χ2v) is 2.77. The summed E-state index contributed by atoms with van der Waals surface area (Å²) < 4.78 is 41.5. The topological polar surface area (TPSA) is 29.5 Å². The molecule has 5 heteroatoms. The molecule has 0 bridgehead atoms. The Morgan fingerprint density at radius 3 is 2.60 bits per heavy atom. The van der Waals surface area contributed by atoms with Gasteiger partial charge < -0.3 is 9.84 Å². The van der Waals surface area contributed by atoms with Gasteiger partial charge in [-0.2, -0.15) is 13.2 Å². The van der Waals surface area contributed by atoms with E-state index in [2.05, 4.69) is 6.58 Å². The van der Waals surface area contributed by atoms with Crippen LogP contribution in [-0.2, 0) is 6.18 Å². The van der Waals surface area contributed by atoms with Gasteiger partial charge in [0.15, 0.2) is 0 Å². The highest BCUT2D eigenvalue weighted by atomic mass is 19.4. The second-order valence-electron chi connectivity index (χ2n) is 2.77. The van der Waals surface area contributed by atoms with Crippen LogP contribution in [0.5, 0.6) is 5.75 Å². The van der Waals surface area contributed by atoms with Crippen LogP contribution in [0.3, 0.4) is 0 Å². The second kappa shape index (κ2) is 4.35. The van der Waals surface area contributed by atoms with Gasteiger partial charge >= 0.3 is 6.18 Å². The smallest absolute Gasteiger partial charge is 0.416 e. The fourth-order valence-electron chi connectivity index (χ4n) is 0.933. The summed E-state index contributed by atoms with van der Waals surface area (Å²) in [6.45, 7) is 3.23. The highest BCUT2D eigenvalue weighted by molar-refractivity contribution is 5.30. The normalized spacial score (nSPS) is 13.3. The minimum Gasteiger partial charge on any atom is -0.461 e. The highest BCUT2D eigenvalue weighted by Gasteiger charge is 2.30. The minimum absolute atomic E-state index is 0.0581. The molecule has 1 aromatic carbocycles. The predicted molar refractivity (Wildman–Crippen MR) is 48.3 cm³/mol. The third-order valence-corrected chi connectivity index (χ3v) is 1.62. The van der Waals surface area contributed by atoms with E-state index in [1.807, 2.05) is 0 Å². The zero-order valence-electron chi connectivity index (χ0n) is 7.66. The third kappa shape index (κ3) is 3.28. The molecule has 82 valence electrons. The van der Waals surface area contributed by atoms with Crippen LogP contribution in [0.1, 0.15) is 5.56 Å². The van der Waals surface area contributed by atoms with E-state index < -0.39 is 18.0 Å². The Morgan fingerprint density at radius 1 is 1.40 bits per heavy atom. The SMILES string of the molecule is C=CC(O)Oc1cccc(C(F)(F)F)c1. The third-order valence-electron chi connectivity index (χ3n) is 1.62. The summed E-state index contributed by atoms with van der Waals surface area (Å²) in [6.07, 6.45) is -4.66. The van der Waals surface area contributed by atoms with Gasteiger partial charge in [-0.15, -0.1) is 0 Å². The average molecular weight is 218 g/mol. The van der Waals surface area contributed by atoms with Crippen LogP contribution in [0.25, 0.3) is 0 Å². The van der Waals surface area contributed by atoms with Crippen molar-refractivity contribution in [2.24, 2.45) is 0 Å². The van der Waals surface area contributed by atoms with Crippen LogP contribution in [0.2, 0.25) is 0 Å². The van der Waals surface area contributed by atoms with E-state index in [0.717, 1.165) is 18.2 Å². The molecule has 0 fully saturated rings. The fraction of sp³-hybridized carbons (Fsp3) is 0.200. The number of aliphatic hydroxyl groups is 1. The maximum absolute atomic E-state index is 12.2. The Balaban J connectivity index is 2.88. The van der Waals surface area contributed by atoms with Crippen molar-refractivity contribution < 1.29 is 23.0 Å². The summed E-state index contributed by atoms with van der Waals surface area (Å²) in [5.41, 5.74) is -0.823. The number of ether oxygens (including phenoxy) is 1. The summed E-state index contributed by atoms with van der Waals surface area (Å²) in [7, 11) is 0. The first kappa shape index (κ1) is 11.6. The number of hydrogen-bond donors (Lipinski definition) is 1. The molecule has 0 aliphatic rings. The minimum atomic E-state index is -4.42. The Hall–Kier alpha value is -1.49. The van der Waals surface area contributed by atoms with E-state index in [1.54, 1.807) is 0 Å². The Morgan fingerprint density at radius 2 is 2.07 bits per heavy atom. The zero-order valence-corrected chi connectivity index (χ0v) is 7.66. The number of alkyl halides is 3. The Labute approximate surface area is 84.6 Å². The molecule has 0 aromatic heterocycles. The van der Waals surface area contributed by atoms with E-state index >= 15 is 0 Å². The lowest BCUT2D eigenvalue weighted by Crippen LogP contribution is -2.12. The number of halogens is 3. The van der Waals surface area contributed by atoms with Crippen LogP contribution in [-0.4, -0.2) is 11.4 Å². The Bertz CT molecular complexity index is 347. The van der Waals surface area contributed by atoms with E-state index in [1.165, 1.54) is 12.1 Å². The lowest BCUT2D eigenvalue weighted by atomic mass is 10.2. The standard InChI is InChI=1S/C10H9F3O2/c1-2-9(14)15-8-5-3-4-7(6-8)10(11,12)13/h2-6,9,14H,1H2. The van der Waals surface area contributed by atoms with Crippen molar-refractivity contribution in [3.8, 4) is 5.75 Å². The molecule has 0 aliphatic carbocycles. The molecule has 1 rings (SSSR count). The van der Waals surface area contributed by atoms with Gasteiger partial charge in [0, 0.05) is 0 Å². The molecule has 15 heavy (non-hydrogen) atoms. The van der Waals surface area contributed by atoms with Crippen LogP contribution in [0.4, 0.5) is 13.2 Å². The number of hydrogen-bond acceptors (Lipinski definition) is 2. The largest absolute Gasteiger partial charge is 0.461 e. The van der Waals surface area contributed by atoms with Gasteiger partial charge in [0.25, 0.3) is 0 Å². The summed E-state index contributed by atoms with van der Waals surface area (Å²) in [5, 5.41) is 8.98. The maximum atomic E-state index is 12.2. The molecule has 0 heterocycles. The van der Waals surface area contributed by atoms with Crippen molar-refractivity contribution >= 4 is 0 Å². The van der Waals surface area contributed by atoms with Crippen LogP contribution in [0, 0.1) is 0 Å². The molecule has 0 amide bonds. The predicted octanol–water partition coefficient (Wildman–Crippen LogP) is 2.59. The average Bonchev–Trinajstić information content (AvgIpc) is 2.17. The summed E-state index contributed by atoms with van der Waals surface area (Å²) in [5.74, 6) is -0.0581. The first-order valence-electron chi connectivity index (χ1n) is 4.08. The number of benzene rings is 1. The van der Waals surface area contributed by atoms with E-state index in [-0.39, 0.29) is 5.75 Å². The van der Waals surface area contributed by atoms with Gasteiger partial charge in [-0.3, -0.25) is 0 Å². The van der Waals surface area contributed by atoms with Crippen molar-refractivity contribution in [3.63, 3.8) is 0 Å². The van der Waals surface area contributed by atoms with E-state index in [9.17, 15) is 13.2 Å². The van der Waals surface area contributed by atoms with Gasteiger partial charge in [0.1, 0.15) is 5.75 Å². The van der Waals surface area contributed by atoms with Crippen molar-refractivity contribution in [3.05, 3.63) is 42.5 Å². The fourth-order valence-corrected chi connectivity index (χ4v) is 0.933. The molecule has 0 saturated heterocycles. The number of rotatable bonds is 3. The molecule has 0 spiro atoms. The van der Waals surface area contributed by atoms with Gasteiger partial charge in [0.05, 0.1) is 5.56 Å². The van der Waals surface area contributed by atoms with Crippen LogP contribution >= 0.6 is 0 Å². The lowest BCUT2D eigenvalue weighted by Gasteiger charge is -2.11. The monoisotopic (exact) mass is 218 g/mol. The molecule has 1 aromatic rings. The zero-order chi connectivity index (χ0) is 11.5. The Kier molecular flexibility index (Phi) is 3.36. The molecule has 0 saturated carbocycles. The van der Waals surface area contributed by atoms with Crippen LogP contribution < -0.4 is 4.74 Å². The molecule has 1 unspecified atom stereocenters. The van der Waals surface area contributed by atoms with E-state index in [4.69, 9.17) is 9.84 Å². The maximum Gasteiger partial charge on any atom is 0.416 e. The quantitative estimate of drug-likeness (QED) is 0.624. The van der Waals surface area contributed by atoms with Gasteiger partial charge in [-0.05, 0) is 24.3 Å². The molecule has 1 atom stereocenters. The highest BCUT2D eigenvalue weighted by Crippen LogP contribution is 2.31.